The van der Waals surface area contributed by atoms with Gasteiger partial charge in [-0.25, -0.2) is 4.79 Å². The van der Waals surface area contributed by atoms with Crippen LogP contribution in [0.5, 0.6) is 0 Å². The highest BCUT2D eigenvalue weighted by Gasteiger charge is 2.05. The maximum absolute atomic E-state index is 11.0. The van der Waals surface area contributed by atoms with Crippen LogP contribution in [0.1, 0.15) is 5.76 Å². The molecule has 1 heterocycles. The van der Waals surface area contributed by atoms with Gasteiger partial charge < -0.3 is 14.9 Å². The molecule has 0 unspecified atom stereocenters. The summed E-state index contributed by atoms with van der Waals surface area (Å²) in [7, 11) is 1.32. The monoisotopic (exact) mass is 277 g/mol. The summed E-state index contributed by atoms with van der Waals surface area (Å²) in [6, 6.07) is 8.79. The number of halogens is 1. The summed E-state index contributed by atoms with van der Waals surface area (Å²) in [5.41, 5.74) is 7.04. The number of furan rings is 1. The van der Waals surface area contributed by atoms with Crippen molar-refractivity contribution in [3.8, 4) is 11.3 Å². The summed E-state index contributed by atoms with van der Waals surface area (Å²) >= 11 is 5.86. The molecule has 2 N–H and O–H groups in total. The molecule has 98 valence electrons. The van der Waals surface area contributed by atoms with Crippen molar-refractivity contribution in [1.82, 2.24) is 0 Å². The molecule has 0 radical (unpaired) electrons. The van der Waals surface area contributed by atoms with Gasteiger partial charge in [0.25, 0.3) is 0 Å². The first-order chi connectivity index (χ1) is 9.10. The van der Waals surface area contributed by atoms with Crippen LogP contribution in [0.25, 0.3) is 17.4 Å². The minimum Gasteiger partial charge on any atom is -0.466 e. The Morgan fingerprint density at radius 3 is 2.84 bits per heavy atom. The lowest BCUT2D eigenvalue weighted by atomic mass is 10.1. The molecule has 5 heteroatoms. The van der Waals surface area contributed by atoms with E-state index in [0.717, 1.165) is 5.56 Å². The van der Waals surface area contributed by atoms with Gasteiger partial charge in [0.15, 0.2) is 0 Å². The van der Waals surface area contributed by atoms with Gasteiger partial charge in [0.2, 0.25) is 0 Å². The number of carbonyl (C=O) groups excluding carboxylic acids is 1. The van der Waals surface area contributed by atoms with Crippen molar-refractivity contribution in [3.05, 3.63) is 47.2 Å². The lowest BCUT2D eigenvalue weighted by molar-refractivity contribution is -0.134. The van der Waals surface area contributed by atoms with Crippen molar-refractivity contribution in [2.24, 2.45) is 0 Å². The molecule has 19 heavy (non-hydrogen) atoms. The summed E-state index contributed by atoms with van der Waals surface area (Å²) in [6.07, 6.45) is 2.83. The van der Waals surface area contributed by atoms with Crippen molar-refractivity contribution < 1.29 is 13.9 Å². The Labute approximate surface area is 115 Å². The van der Waals surface area contributed by atoms with E-state index in [1.165, 1.54) is 19.3 Å². The van der Waals surface area contributed by atoms with Crippen molar-refractivity contribution in [3.63, 3.8) is 0 Å². The van der Waals surface area contributed by atoms with E-state index in [2.05, 4.69) is 4.74 Å². The largest absolute Gasteiger partial charge is 0.466 e. The zero-order valence-electron chi connectivity index (χ0n) is 10.2. The van der Waals surface area contributed by atoms with Gasteiger partial charge >= 0.3 is 5.97 Å². The number of benzene rings is 1. The van der Waals surface area contributed by atoms with E-state index >= 15 is 0 Å². The van der Waals surface area contributed by atoms with Crippen LogP contribution in [0, 0.1) is 0 Å². The van der Waals surface area contributed by atoms with Crippen LogP contribution in [0.4, 0.5) is 5.69 Å². The number of anilines is 1. The van der Waals surface area contributed by atoms with E-state index in [1.54, 1.807) is 24.3 Å². The Balaban J connectivity index is 2.23. The molecule has 0 amide bonds. The molecule has 1 aromatic heterocycles. The van der Waals surface area contributed by atoms with Crippen molar-refractivity contribution in [2.45, 2.75) is 0 Å². The van der Waals surface area contributed by atoms with E-state index in [0.29, 0.717) is 22.2 Å². The summed E-state index contributed by atoms with van der Waals surface area (Å²) in [6.45, 7) is 0. The number of hydrogen-bond donors (Lipinski definition) is 1. The second-order valence-corrected chi connectivity index (χ2v) is 4.20. The van der Waals surface area contributed by atoms with Crippen LogP contribution < -0.4 is 5.73 Å². The molecule has 4 nitrogen and oxygen atoms in total. The van der Waals surface area contributed by atoms with Gasteiger partial charge in [0.05, 0.1) is 17.8 Å². The number of carbonyl (C=O) groups is 1. The van der Waals surface area contributed by atoms with Gasteiger partial charge in [-0.2, -0.15) is 0 Å². The van der Waals surface area contributed by atoms with E-state index in [1.807, 2.05) is 6.07 Å². The van der Waals surface area contributed by atoms with Crippen molar-refractivity contribution >= 4 is 29.3 Å². The minimum atomic E-state index is -0.436. The quantitative estimate of drug-likeness (QED) is 0.531. The molecule has 0 aliphatic heterocycles. The van der Waals surface area contributed by atoms with Crippen molar-refractivity contribution in [2.75, 3.05) is 12.8 Å². The van der Waals surface area contributed by atoms with Crippen molar-refractivity contribution in [1.29, 1.82) is 0 Å². The van der Waals surface area contributed by atoms with Crippen LogP contribution in [0.3, 0.4) is 0 Å². The molecule has 0 bridgehead atoms. The third kappa shape index (κ3) is 3.17. The number of ether oxygens (including phenoxy) is 1. The Morgan fingerprint density at radius 1 is 1.37 bits per heavy atom. The standard InChI is InChI=1S/C14H12ClNO3/c1-18-14(17)7-4-10-3-6-13(19-10)9-2-5-11(15)12(16)8-9/h2-8H,16H2,1H3/b7-4+. The average molecular weight is 278 g/mol. The fraction of sp³-hybridized carbons (Fsp3) is 0.0714. The lowest BCUT2D eigenvalue weighted by Crippen LogP contribution is -1.92. The average Bonchev–Trinajstić information content (AvgIpc) is 2.88. The Hall–Kier alpha value is -2.20. The fourth-order valence-electron chi connectivity index (χ4n) is 1.51. The molecular formula is C14H12ClNO3. The molecule has 0 atom stereocenters. The summed E-state index contributed by atoms with van der Waals surface area (Å²) in [5, 5.41) is 0.501. The maximum Gasteiger partial charge on any atom is 0.330 e. The molecule has 1 aromatic carbocycles. The minimum absolute atomic E-state index is 0.436. The molecule has 2 aromatic rings. The molecule has 0 spiro atoms. The number of hydrogen-bond acceptors (Lipinski definition) is 4. The first-order valence-corrected chi connectivity index (χ1v) is 5.89. The summed E-state index contributed by atoms with van der Waals surface area (Å²) in [4.78, 5) is 11.0. The van der Waals surface area contributed by atoms with E-state index < -0.39 is 5.97 Å². The van der Waals surface area contributed by atoms with Crippen LogP contribution in [0.2, 0.25) is 5.02 Å². The highest BCUT2D eigenvalue weighted by atomic mass is 35.5. The smallest absolute Gasteiger partial charge is 0.330 e. The number of nitrogen functional groups attached to an aromatic ring is 1. The van der Waals surface area contributed by atoms with Gasteiger partial charge in [-0.1, -0.05) is 11.6 Å². The molecule has 2 rings (SSSR count). The van der Waals surface area contributed by atoms with E-state index in [9.17, 15) is 4.79 Å². The molecular weight excluding hydrogens is 266 g/mol. The predicted molar refractivity (Wildman–Crippen MR) is 74.6 cm³/mol. The highest BCUT2D eigenvalue weighted by molar-refractivity contribution is 6.33. The van der Waals surface area contributed by atoms with Crippen LogP contribution in [0.15, 0.2) is 40.8 Å². The first kappa shape index (κ1) is 13.2. The van der Waals surface area contributed by atoms with Gasteiger partial charge in [0, 0.05) is 11.6 Å². The maximum atomic E-state index is 11.0. The first-order valence-electron chi connectivity index (χ1n) is 5.51. The third-order valence-electron chi connectivity index (χ3n) is 2.49. The van der Waals surface area contributed by atoms with Crippen LogP contribution in [-0.4, -0.2) is 13.1 Å². The zero-order valence-corrected chi connectivity index (χ0v) is 11.0. The fourth-order valence-corrected chi connectivity index (χ4v) is 1.63. The highest BCUT2D eigenvalue weighted by Crippen LogP contribution is 2.28. The SMILES string of the molecule is COC(=O)/C=C/c1ccc(-c2ccc(Cl)c(N)c2)o1. The van der Waals surface area contributed by atoms with Gasteiger partial charge in [0.1, 0.15) is 11.5 Å². The second kappa shape index (κ2) is 5.63. The number of esters is 1. The Morgan fingerprint density at radius 2 is 2.16 bits per heavy atom. The molecule has 0 saturated carbocycles. The van der Waals surface area contributed by atoms with E-state index in [4.69, 9.17) is 21.8 Å². The van der Waals surface area contributed by atoms with Crippen LogP contribution >= 0.6 is 11.6 Å². The summed E-state index contributed by atoms with van der Waals surface area (Å²) in [5.74, 6) is 0.760. The molecule has 0 aliphatic carbocycles. The van der Waals surface area contributed by atoms with Gasteiger partial charge in [-0.15, -0.1) is 0 Å². The summed E-state index contributed by atoms with van der Waals surface area (Å²) < 4.78 is 10.1. The third-order valence-corrected chi connectivity index (χ3v) is 2.84. The van der Waals surface area contributed by atoms with E-state index in [-0.39, 0.29) is 0 Å². The number of methoxy groups -OCH3 is 1. The molecule has 0 saturated heterocycles. The number of nitrogens with two attached hydrogens (primary N) is 1. The molecule has 0 fully saturated rings. The molecule has 0 aliphatic rings. The predicted octanol–water partition coefficient (Wildman–Crippen LogP) is 3.37. The Bertz CT molecular complexity index is 631. The van der Waals surface area contributed by atoms with Crippen LogP contribution in [-0.2, 0) is 9.53 Å². The normalized spacial score (nSPS) is 10.8. The second-order valence-electron chi connectivity index (χ2n) is 3.79. The Kier molecular flexibility index (Phi) is 3.92. The van der Waals surface area contributed by atoms with Gasteiger partial charge in [-0.3, -0.25) is 0 Å². The number of rotatable bonds is 3. The zero-order chi connectivity index (χ0) is 13.8. The topological polar surface area (TPSA) is 65.5 Å². The lowest BCUT2D eigenvalue weighted by Gasteiger charge is -2.00. The van der Waals surface area contributed by atoms with Gasteiger partial charge in [-0.05, 0) is 36.4 Å².